The lowest BCUT2D eigenvalue weighted by atomic mass is 10.0. The number of hydrogen-bond donors (Lipinski definition) is 1. The van der Waals surface area contributed by atoms with E-state index in [1.54, 1.807) is 23.0 Å². The smallest absolute Gasteiger partial charge is 0.129 e. The first-order chi connectivity index (χ1) is 9.54. The molecule has 0 saturated heterocycles. The van der Waals surface area contributed by atoms with Gasteiger partial charge >= 0.3 is 0 Å². The molecule has 0 spiro atoms. The fraction of sp³-hybridized carbons (Fsp3) is 0.357. The molecule has 2 rings (SSSR count). The average molecular weight is 361 g/mol. The summed E-state index contributed by atoms with van der Waals surface area (Å²) in [6, 6.07) is 4.48. The highest BCUT2D eigenvalue weighted by Gasteiger charge is 2.23. The first-order valence-corrected chi connectivity index (χ1v) is 7.57. The molecule has 0 bridgehead atoms. The van der Waals surface area contributed by atoms with E-state index >= 15 is 0 Å². The third-order valence-electron chi connectivity index (χ3n) is 3.08. The number of nitrogens with one attached hydrogen (secondary N) is 1. The van der Waals surface area contributed by atoms with E-state index in [2.05, 4.69) is 33.3 Å². The molecule has 1 aromatic heterocycles. The fourth-order valence-electron chi connectivity index (χ4n) is 2.12. The largest absolute Gasteiger partial charge is 0.305 e. The summed E-state index contributed by atoms with van der Waals surface area (Å²) in [6.07, 6.45) is 2.67. The Hall–Kier alpha value is -0.910. The highest BCUT2D eigenvalue weighted by molar-refractivity contribution is 9.10. The second kappa shape index (κ2) is 6.70. The van der Waals surface area contributed by atoms with Gasteiger partial charge in [-0.2, -0.15) is 5.10 Å². The molecule has 1 atom stereocenters. The molecule has 1 heterocycles. The molecule has 0 fully saturated rings. The van der Waals surface area contributed by atoms with Crippen LogP contribution in [0.2, 0.25) is 5.02 Å². The molecule has 1 aromatic carbocycles. The van der Waals surface area contributed by atoms with Gasteiger partial charge < -0.3 is 5.32 Å². The zero-order valence-corrected chi connectivity index (χ0v) is 13.7. The molecule has 0 aliphatic carbocycles. The fourth-order valence-corrected chi connectivity index (χ4v) is 2.86. The van der Waals surface area contributed by atoms with Gasteiger partial charge in [0.15, 0.2) is 0 Å². The first-order valence-electron chi connectivity index (χ1n) is 6.40. The van der Waals surface area contributed by atoms with Gasteiger partial charge in [0.1, 0.15) is 5.82 Å². The predicted octanol–water partition coefficient (Wildman–Crippen LogP) is 4.06. The topological polar surface area (TPSA) is 29.9 Å². The summed E-state index contributed by atoms with van der Waals surface area (Å²) in [5, 5.41) is 7.95. The number of aromatic nitrogens is 2. The van der Waals surface area contributed by atoms with Gasteiger partial charge in [0.05, 0.1) is 22.4 Å². The molecule has 0 aliphatic rings. The number of benzene rings is 1. The van der Waals surface area contributed by atoms with E-state index in [1.165, 1.54) is 6.07 Å². The third-order valence-corrected chi connectivity index (χ3v) is 3.93. The minimum atomic E-state index is -0.320. The van der Waals surface area contributed by atoms with Crippen LogP contribution in [-0.4, -0.2) is 16.3 Å². The minimum absolute atomic E-state index is 0.269. The third kappa shape index (κ3) is 3.22. The molecule has 1 N–H and O–H groups in total. The highest BCUT2D eigenvalue weighted by Crippen LogP contribution is 2.30. The van der Waals surface area contributed by atoms with Crippen LogP contribution in [0.1, 0.15) is 30.6 Å². The summed E-state index contributed by atoms with van der Waals surface area (Å²) in [6.45, 7) is 2.85. The van der Waals surface area contributed by atoms with Crippen LogP contribution in [0, 0.1) is 5.82 Å². The molecule has 0 amide bonds. The van der Waals surface area contributed by atoms with Crippen molar-refractivity contribution in [1.29, 1.82) is 0 Å². The number of rotatable bonds is 5. The van der Waals surface area contributed by atoms with Crippen molar-refractivity contribution in [2.75, 3.05) is 6.54 Å². The summed E-state index contributed by atoms with van der Waals surface area (Å²) in [4.78, 5) is 0. The Morgan fingerprint density at radius 2 is 2.25 bits per heavy atom. The molecule has 0 radical (unpaired) electrons. The molecule has 108 valence electrons. The maximum absolute atomic E-state index is 14.2. The maximum atomic E-state index is 14.2. The van der Waals surface area contributed by atoms with Gasteiger partial charge in [0.25, 0.3) is 0 Å². The summed E-state index contributed by atoms with van der Waals surface area (Å²) >= 11 is 9.30. The summed E-state index contributed by atoms with van der Waals surface area (Å²) in [5.74, 6) is -0.320. The van der Waals surface area contributed by atoms with E-state index < -0.39 is 0 Å². The number of aryl methyl sites for hydroxylation is 1. The van der Waals surface area contributed by atoms with Crippen molar-refractivity contribution in [3.8, 4) is 0 Å². The van der Waals surface area contributed by atoms with Gasteiger partial charge in [-0.3, -0.25) is 4.68 Å². The van der Waals surface area contributed by atoms with E-state index in [0.717, 1.165) is 23.1 Å². The van der Waals surface area contributed by atoms with Crippen molar-refractivity contribution in [3.63, 3.8) is 0 Å². The Kier molecular flexibility index (Phi) is 5.18. The van der Waals surface area contributed by atoms with E-state index in [4.69, 9.17) is 11.6 Å². The lowest BCUT2D eigenvalue weighted by molar-refractivity contribution is 0.519. The Morgan fingerprint density at radius 1 is 1.50 bits per heavy atom. The molecular weight excluding hydrogens is 345 g/mol. The van der Waals surface area contributed by atoms with Crippen molar-refractivity contribution < 1.29 is 4.39 Å². The van der Waals surface area contributed by atoms with E-state index in [9.17, 15) is 4.39 Å². The van der Waals surface area contributed by atoms with Crippen molar-refractivity contribution in [3.05, 3.63) is 51.0 Å². The average Bonchev–Trinajstić information content (AvgIpc) is 2.72. The lowest BCUT2D eigenvalue weighted by Crippen LogP contribution is -2.26. The maximum Gasteiger partial charge on any atom is 0.129 e. The van der Waals surface area contributed by atoms with Crippen molar-refractivity contribution >= 4 is 27.5 Å². The predicted molar refractivity (Wildman–Crippen MR) is 82.5 cm³/mol. The van der Waals surface area contributed by atoms with E-state index in [1.807, 2.05) is 7.05 Å². The van der Waals surface area contributed by atoms with Gasteiger partial charge in [-0.15, -0.1) is 0 Å². The Bertz CT molecular complexity index is 581. The summed E-state index contributed by atoms with van der Waals surface area (Å²) in [7, 11) is 1.84. The number of nitrogens with zero attached hydrogens (tertiary/aromatic N) is 2. The molecular formula is C14H16BrClFN3. The minimum Gasteiger partial charge on any atom is -0.305 e. The van der Waals surface area contributed by atoms with Crippen LogP contribution in [0.15, 0.2) is 28.9 Å². The molecule has 0 saturated carbocycles. The SMILES string of the molecule is CCCNC(c1ccc(Cl)cc1F)c1c(Br)cnn1C. The van der Waals surface area contributed by atoms with E-state index in [-0.39, 0.29) is 11.9 Å². The molecule has 6 heteroatoms. The summed E-state index contributed by atoms with van der Waals surface area (Å²) < 4.78 is 16.8. The van der Waals surface area contributed by atoms with Crippen molar-refractivity contribution in [1.82, 2.24) is 15.1 Å². The van der Waals surface area contributed by atoms with E-state index in [0.29, 0.717) is 10.6 Å². The normalized spacial score (nSPS) is 12.7. The molecule has 20 heavy (non-hydrogen) atoms. The second-order valence-electron chi connectivity index (χ2n) is 4.55. The van der Waals surface area contributed by atoms with Crippen LogP contribution in [0.3, 0.4) is 0 Å². The van der Waals surface area contributed by atoms with Gasteiger partial charge in [-0.25, -0.2) is 4.39 Å². The molecule has 0 aliphatic heterocycles. The van der Waals surface area contributed by atoms with Gasteiger partial charge in [-0.1, -0.05) is 24.6 Å². The second-order valence-corrected chi connectivity index (χ2v) is 5.85. The van der Waals surface area contributed by atoms with Gasteiger partial charge in [-0.05, 0) is 41.0 Å². The zero-order valence-electron chi connectivity index (χ0n) is 11.3. The van der Waals surface area contributed by atoms with Crippen molar-refractivity contribution in [2.45, 2.75) is 19.4 Å². The standard InChI is InChI=1S/C14H16BrClFN3/c1-3-6-18-13(14-11(15)8-19-20(14)2)10-5-4-9(16)7-12(10)17/h4-5,7-8,13,18H,3,6H2,1-2H3. The summed E-state index contributed by atoms with van der Waals surface area (Å²) in [5.41, 5.74) is 1.45. The monoisotopic (exact) mass is 359 g/mol. The first kappa shape index (κ1) is 15.5. The van der Waals surface area contributed by atoms with Crippen LogP contribution in [-0.2, 0) is 7.05 Å². The molecule has 2 aromatic rings. The van der Waals surface area contributed by atoms with Crippen LogP contribution >= 0.6 is 27.5 Å². The van der Waals surface area contributed by atoms with Crippen LogP contribution in [0.4, 0.5) is 4.39 Å². The van der Waals surface area contributed by atoms with Crippen LogP contribution in [0.25, 0.3) is 0 Å². The lowest BCUT2D eigenvalue weighted by Gasteiger charge is -2.20. The Morgan fingerprint density at radius 3 is 2.80 bits per heavy atom. The number of halogens is 3. The quantitative estimate of drug-likeness (QED) is 0.871. The highest BCUT2D eigenvalue weighted by atomic mass is 79.9. The van der Waals surface area contributed by atoms with Crippen molar-refractivity contribution in [2.24, 2.45) is 7.05 Å². The van der Waals surface area contributed by atoms with Gasteiger partial charge in [0, 0.05) is 17.6 Å². The van der Waals surface area contributed by atoms with Gasteiger partial charge in [0.2, 0.25) is 0 Å². The van der Waals surface area contributed by atoms with Crippen LogP contribution in [0.5, 0.6) is 0 Å². The van der Waals surface area contributed by atoms with Crippen LogP contribution < -0.4 is 5.32 Å². The zero-order chi connectivity index (χ0) is 14.7. The Balaban J connectivity index is 2.47. The number of hydrogen-bond acceptors (Lipinski definition) is 2. The molecule has 1 unspecified atom stereocenters. The molecule has 3 nitrogen and oxygen atoms in total. The Labute approximate surface area is 131 Å².